The first-order chi connectivity index (χ1) is 8.70. The molecule has 1 N–H and O–H groups in total. The average molecular weight is 282 g/mol. The van der Waals surface area contributed by atoms with Gasteiger partial charge in [-0.3, -0.25) is 0 Å². The highest BCUT2D eigenvalue weighted by molar-refractivity contribution is 7.11. The van der Waals surface area contributed by atoms with Crippen molar-refractivity contribution in [3.63, 3.8) is 0 Å². The minimum Gasteiger partial charge on any atom is -0.309 e. The molecule has 0 bridgehead atoms. The molecule has 2 aromatic rings. The molecule has 0 aromatic carbocycles. The van der Waals surface area contributed by atoms with Crippen molar-refractivity contribution in [1.82, 2.24) is 19.9 Å². The highest BCUT2D eigenvalue weighted by atomic mass is 32.1. The van der Waals surface area contributed by atoms with Gasteiger partial charge in [0.2, 0.25) is 0 Å². The first-order valence-corrected chi connectivity index (χ1v) is 7.73. The number of rotatable bonds is 6. The van der Waals surface area contributed by atoms with Gasteiger partial charge in [0.25, 0.3) is 0 Å². The van der Waals surface area contributed by atoms with Gasteiger partial charge in [-0.05, 0) is 38.3 Å². The van der Waals surface area contributed by atoms with E-state index in [-0.39, 0.29) is 6.04 Å². The molecule has 0 amide bonds. The summed E-state index contributed by atoms with van der Waals surface area (Å²) in [4.78, 5) is 7.11. The molecule has 18 heavy (non-hydrogen) atoms. The van der Waals surface area contributed by atoms with Crippen LogP contribution < -0.4 is 5.32 Å². The molecule has 0 spiro atoms. The summed E-state index contributed by atoms with van der Waals surface area (Å²) in [6, 6.07) is 0.287. The maximum absolute atomic E-state index is 4.61. The average Bonchev–Trinajstić information content (AvgIpc) is 2.96. The van der Waals surface area contributed by atoms with Crippen LogP contribution in [0.3, 0.4) is 0 Å². The van der Waals surface area contributed by atoms with Crippen LogP contribution in [0.25, 0.3) is 0 Å². The second kappa shape index (κ2) is 6.36. The largest absolute Gasteiger partial charge is 0.309 e. The molecule has 0 radical (unpaired) electrons. The lowest BCUT2D eigenvalue weighted by Gasteiger charge is -2.14. The van der Waals surface area contributed by atoms with Gasteiger partial charge >= 0.3 is 0 Å². The molecule has 0 saturated heterocycles. The Morgan fingerprint density at radius 2 is 2.22 bits per heavy atom. The Bertz CT molecular complexity index is 459. The third kappa shape index (κ3) is 3.34. The molecule has 0 fully saturated rings. The van der Waals surface area contributed by atoms with Crippen LogP contribution in [0.15, 0.2) is 6.20 Å². The number of aromatic nitrogens is 3. The van der Waals surface area contributed by atoms with E-state index in [0.717, 1.165) is 25.1 Å². The maximum atomic E-state index is 4.61. The Hall–Kier alpha value is -0.850. The van der Waals surface area contributed by atoms with Crippen LogP contribution in [0.4, 0.5) is 0 Å². The monoisotopic (exact) mass is 282 g/mol. The molecule has 2 heterocycles. The summed E-state index contributed by atoms with van der Waals surface area (Å²) < 4.78 is 3.95. The zero-order valence-corrected chi connectivity index (χ0v) is 12.6. The highest BCUT2D eigenvalue weighted by Crippen LogP contribution is 2.24. The number of hydrogen-bond acceptors (Lipinski definition) is 6. The topological polar surface area (TPSA) is 50.7 Å². The number of aryl methyl sites for hydroxylation is 2. The maximum Gasteiger partial charge on any atom is 0.0950 e. The van der Waals surface area contributed by atoms with E-state index in [9.17, 15) is 0 Å². The number of hydrogen-bond donors (Lipinski definition) is 1. The van der Waals surface area contributed by atoms with Gasteiger partial charge in [0, 0.05) is 11.3 Å². The molecule has 1 atom stereocenters. The molecular weight excluding hydrogens is 264 g/mol. The van der Waals surface area contributed by atoms with E-state index in [1.807, 2.05) is 6.20 Å². The fraction of sp³-hybridized carbons (Fsp3) is 0.583. The number of nitrogens with one attached hydrogen (secondary N) is 1. The van der Waals surface area contributed by atoms with Crippen molar-refractivity contribution in [2.24, 2.45) is 0 Å². The summed E-state index contributed by atoms with van der Waals surface area (Å²) >= 11 is 3.25. The lowest BCUT2D eigenvalue weighted by Crippen LogP contribution is -2.23. The Balaban J connectivity index is 2.09. The van der Waals surface area contributed by atoms with Crippen molar-refractivity contribution in [2.45, 2.75) is 39.7 Å². The molecule has 6 heteroatoms. The third-order valence-electron chi connectivity index (χ3n) is 2.81. The molecule has 0 aliphatic heterocycles. The smallest absolute Gasteiger partial charge is 0.0950 e. The molecular formula is C12H18N4S2. The van der Waals surface area contributed by atoms with Crippen LogP contribution in [0, 0.1) is 13.8 Å². The lowest BCUT2D eigenvalue weighted by molar-refractivity contribution is 0.534. The van der Waals surface area contributed by atoms with Crippen LogP contribution in [-0.4, -0.2) is 21.1 Å². The van der Waals surface area contributed by atoms with E-state index in [4.69, 9.17) is 0 Å². The Labute approximate surface area is 116 Å². The van der Waals surface area contributed by atoms with E-state index in [1.165, 1.54) is 26.3 Å². The van der Waals surface area contributed by atoms with Crippen molar-refractivity contribution in [1.29, 1.82) is 0 Å². The molecule has 2 aromatic heterocycles. The van der Waals surface area contributed by atoms with E-state index in [1.54, 1.807) is 11.3 Å². The quantitative estimate of drug-likeness (QED) is 0.885. The van der Waals surface area contributed by atoms with Crippen LogP contribution in [0.2, 0.25) is 0 Å². The van der Waals surface area contributed by atoms with Crippen molar-refractivity contribution in [3.05, 3.63) is 26.7 Å². The molecule has 98 valence electrons. The Morgan fingerprint density at radius 3 is 2.78 bits per heavy atom. The molecule has 0 aliphatic carbocycles. The summed E-state index contributed by atoms with van der Waals surface area (Å²) in [5.41, 5.74) is 1.15. The lowest BCUT2D eigenvalue weighted by atomic mass is 10.2. The van der Waals surface area contributed by atoms with E-state index in [0.29, 0.717) is 0 Å². The summed E-state index contributed by atoms with van der Waals surface area (Å²) in [6.45, 7) is 7.37. The predicted molar refractivity (Wildman–Crippen MR) is 76.2 cm³/mol. The third-order valence-corrected chi connectivity index (χ3v) is 4.69. The van der Waals surface area contributed by atoms with Gasteiger partial charge in [-0.15, -0.1) is 16.4 Å². The van der Waals surface area contributed by atoms with Crippen molar-refractivity contribution in [3.8, 4) is 0 Å². The van der Waals surface area contributed by atoms with Gasteiger partial charge in [0.15, 0.2) is 0 Å². The fourth-order valence-corrected chi connectivity index (χ4v) is 3.28. The number of thiazole rings is 1. The molecule has 1 unspecified atom stereocenters. The highest BCUT2D eigenvalue weighted by Gasteiger charge is 2.16. The van der Waals surface area contributed by atoms with Crippen molar-refractivity contribution in [2.75, 3.05) is 6.54 Å². The first kappa shape index (κ1) is 13.6. The number of nitrogens with zero attached hydrogens (tertiary/aromatic N) is 3. The minimum absolute atomic E-state index is 0.287. The van der Waals surface area contributed by atoms with Crippen LogP contribution in [-0.2, 0) is 6.42 Å². The summed E-state index contributed by atoms with van der Waals surface area (Å²) in [6.07, 6.45) is 3.90. The molecule has 4 nitrogen and oxygen atoms in total. The molecule has 2 rings (SSSR count). The molecule has 0 saturated carbocycles. The fourth-order valence-electron chi connectivity index (χ4n) is 1.72. The van der Waals surface area contributed by atoms with Gasteiger partial charge in [-0.25, -0.2) is 4.98 Å². The zero-order valence-electron chi connectivity index (χ0n) is 10.9. The molecule has 0 aliphatic rings. The van der Waals surface area contributed by atoms with Gasteiger partial charge in [-0.2, -0.15) is 0 Å². The Morgan fingerprint density at radius 1 is 1.39 bits per heavy atom. The summed E-state index contributed by atoms with van der Waals surface area (Å²) in [5, 5.41) is 8.66. The first-order valence-electron chi connectivity index (χ1n) is 6.14. The van der Waals surface area contributed by atoms with Crippen LogP contribution >= 0.6 is 22.9 Å². The standard InChI is InChI=1S/C12H18N4S2/c1-4-5-13-10(11-7-14-16-18-11)6-12-15-8(2)9(3)17-12/h7,10,13H,4-6H2,1-3H3. The second-order valence-electron chi connectivity index (χ2n) is 4.28. The SMILES string of the molecule is CCCNC(Cc1nc(C)c(C)s1)c1cnns1. The van der Waals surface area contributed by atoms with E-state index < -0.39 is 0 Å². The van der Waals surface area contributed by atoms with Gasteiger partial charge in [0.1, 0.15) is 0 Å². The summed E-state index contributed by atoms with van der Waals surface area (Å²) in [7, 11) is 0. The van der Waals surface area contributed by atoms with E-state index >= 15 is 0 Å². The van der Waals surface area contributed by atoms with Gasteiger partial charge in [0.05, 0.1) is 27.8 Å². The van der Waals surface area contributed by atoms with Crippen molar-refractivity contribution < 1.29 is 0 Å². The van der Waals surface area contributed by atoms with Crippen LogP contribution in [0.1, 0.15) is 39.8 Å². The zero-order chi connectivity index (χ0) is 13.0. The van der Waals surface area contributed by atoms with Gasteiger partial charge in [-0.1, -0.05) is 11.4 Å². The minimum atomic E-state index is 0.287. The summed E-state index contributed by atoms with van der Waals surface area (Å²) in [5.74, 6) is 0. The normalized spacial score (nSPS) is 12.8. The van der Waals surface area contributed by atoms with Gasteiger partial charge < -0.3 is 5.32 Å². The second-order valence-corrected chi connectivity index (χ2v) is 6.38. The van der Waals surface area contributed by atoms with Crippen LogP contribution in [0.5, 0.6) is 0 Å². The van der Waals surface area contributed by atoms with Crippen molar-refractivity contribution >= 4 is 22.9 Å². The Kier molecular flexibility index (Phi) is 4.79. The predicted octanol–water partition coefficient (Wildman–Crippen LogP) is 2.89. The van der Waals surface area contributed by atoms with E-state index in [2.05, 4.69) is 40.7 Å².